The molecule has 0 saturated heterocycles. The molecule has 0 aromatic rings. The fourth-order valence-electron chi connectivity index (χ4n) is 1.55. The van der Waals surface area contributed by atoms with E-state index in [4.69, 9.17) is 94.9 Å². The molecule has 0 aromatic carbocycles. The van der Waals surface area contributed by atoms with Crippen molar-refractivity contribution in [3.05, 3.63) is 43.5 Å². The maximum absolute atomic E-state index is 10.3. The first-order valence-corrected chi connectivity index (χ1v) is 30.8. The summed E-state index contributed by atoms with van der Waals surface area (Å²) in [4.78, 5) is 74.4. The van der Waals surface area contributed by atoms with Gasteiger partial charge in [0.05, 0.1) is 29.1 Å². The minimum atomic E-state index is -2.74. The van der Waals surface area contributed by atoms with Gasteiger partial charge in [0, 0.05) is 76.2 Å². The van der Waals surface area contributed by atoms with E-state index in [1.807, 2.05) is 17.9 Å². The molecule has 0 aliphatic rings. The van der Waals surface area contributed by atoms with Gasteiger partial charge < -0.3 is 150 Å². The molecule has 0 bridgehead atoms. The Bertz CT molecular complexity index is 2000. The summed E-state index contributed by atoms with van der Waals surface area (Å²) in [6, 6.07) is 0. The molecule has 2 atom stereocenters. The zero-order valence-corrected chi connectivity index (χ0v) is 52.1. The van der Waals surface area contributed by atoms with E-state index in [9.17, 15) is 24.0 Å². The molecule has 498 valence electrons. The summed E-state index contributed by atoms with van der Waals surface area (Å²) >= 11 is 3.75. The second-order valence-corrected chi connectivity index (χ2v) is 32.4. The Morgan fingerprint density at radius 1 is 0.471 bits per heavy atom. The molecule has 0 radical (unpaired) electrons. The normalized spacial score (nSPS) is 7.53. The van der Waals surface area contributed by atoms with E-state index >= 15 is 0 Å². The molecule has 0 saturated carbocycles. The summed E-state index contributed by atoms with van der Waals surface area (Å²) in [5, 5.41) is 173. The standard InChI is InChI=1S/C12HO14.C6H8O7.C4HO8.C4H6O6.CH4.5Ca.2NO3.12H2O.5H2/c1-2-3-4-5-6-7-8-9-10-11-12-14-16-18-20-22-24-26-25-23-21-19-17-15-13;7-3(8)1-6(13,5(11)12)2-4(9)10;1-2-3-4-6-8-10-12-11-9-7-5;5-1(3(7)8)2(6)4(9)10;;;;;;;2*2-1(3)4;;;;;;;;;;;;;;;;;/h13H;13H,1-2H2,(H,7,8)(H,9,10)(H,11,12);5H;1-2,5-6H,(H,7,8)(H,9,10);1H4;;;;;;;;12*1H2;5*1H/q-1;;-1;;;;2*+1;2*+2;2*-1;;;;;;;;;;;;;;;;;/p-2. The van der Waals surface area contributed by atoms with Crippen molar-refractivity contribution in [2.45, 2.75) is 38.1 Å². The van der Waals surface area contributed by atoms with Crippen LogP contribution in [-0.4, -0.2) is 316 Å². The third-order valence-corrected chi connectivity index (χ3v) is 3.42. The SMILES string of the molecule is C.O.O.O.O.O.O.O.O.O.O.O=C(O)C(O)C(O)C(=O)O.O=C(O)CC(O)(CC(=O)O)C(=O)O.O=[N+]([O-])[O-].O=[N+]([O-])[O-].[C-]#CC#CC#CC#CC#CC#COOOOOOOOOOOOOO.[C-]#CC#COOOOOOOO.[Ca+2].[Ca+2].[Ca+][Ca][Ca+].[HH].[HH].[HH].[HH].[HH].[OH-].[OH-]. The van der Waals surface area contributed by atoms with Gasteiger partial charge >= 0.3 is 171 Å². The van der Waals surface area contributed by atoms with Gasteiger partial charge in [0.2, 0.25) is 0 Å². The molecule has 0 spiro atoms. The van der Waals surface area contributed by atoms with E-state index in [1.54, 1.807) is 63.9 Å². The van der Waals surface area contributed by atoms with Crippen molar-refractivity contribution in [2.75, 3.05) is 0 Å². The van der Waals surface area contributed by atoms with Crippen LogP contribution in [-0.2, 0) is 124 Å². The van der Waals surface area contributed by atoms with Crippen molar-refractivity contribution in [1.29, 1.82) is 0 Å². The Labute approximate surface area is 587 Å². The molecule has 0 rings (SSSR count). The maximum atomic E-state index is 10.3. The molecule has 0 heterocycles. The summed E-state index contributed by atoms with van der Waals surface area (Å²) in [5.74, 6) is 17.3. The third-order valence-electron chi connectivity index (χ3n) is 3.42. The molecule has 0 aromatic heterocycles. The second kappa shape index (κ2) is 124. The van der Waals surface area contributed by atoms with E-state index in [-0.39, 0.29) is 156 Å². The zero-order chi connectivity index (χ0) is 56.9. The average Bonchev–Trinajstić information content (AvgIpc) is 3.28. The summed E-state index contributed by atoms with van der Waals surface area (Å²) in [7, 11) is 0. The van der Waals surface area contributed by atoms with Gasteiger partial charge in [-0.1, -0.05) is 7.43 Å². The topological polar surface area (TPSA) is 980 Å². The molecule has 32 N–H and O–H groups in total. The molecule has 0 aliphatic carbocycles. The van der Waals surface area contributed by atoms with Crippen LogP contribution in [0.15, 0.2) is 0 Å². The number of carboxylic acids is 5. The van der Waals surface area contributed by atoms with Gasteiger partial charge in [-0.15, -0.1) is 5.92 Å². The zero-order valence-electron chi connectivity index (χ0n) is 41.0. The molecule has 0 fully saturated rings. The summed E-state index contributed by atoms with van der Waals surface area (Å²) in [6.07, 6.45) is 9.57. The van der Waals surface area contributed by atoms with Gasteiger partial charge in [-0.2, -0.15) is 0 Å². The van der Waals surface area contributed by atoms with Crippen LogP contribution in [0.2, 0.25) is 0 Å². The van der Waals surface area contributed by atoms with Gasteiger partial charge in [0.1, 0.15) is 0 Å². The van der Waals surface area contributed by atoms with Crippen LogP contribution < -0.4 is 0 Å². The first kappa shape index (κ1) is 150. The van der Waals surface area contributed by atoms with Gasteiger partial charge in [-0.05, 0) is 63.1 Å². The van der Waals surface area contributed by atoms with Crippen LogP contribution in [0.1, 0.15) is 27.4 Å². The predicted octanol–water partition coefficient (Wildman–Crippen LogP) is -13.7. The largest absolute Gasteiger partial charge is 0.870 e. The van der Waals surface area contributed by atoms with Crippen molar-refractivity contribution >= 4 is 171 Å². The van der Waals surface area contributed by atoms with Gasteiger partial charge in [0.15, 0.2) is 23.9 Å². The number of aliphatic carboxylic acids is 5. The summed E-state index contributed by atoms with van der Waals surface area (Å²) in [5.41, 5.74) is -2.74. The molecule has 60 heteroatoms. The van der Waals surface area contributed by atoms with Crippen LogP contribution >= 0.6 is 0 Å². The van der Waals surface area contributed by atoms with Crippen molar-refractivity contribution < 1.29 is 259 Å². The maximum Gasteiger partial charge on any atom is 0 e. The minimum absolute atomic E-state index is 0. The quantitative estimate of drug-likeness (QED) is 0.00731. The Kier molecular flexibility index (Phi) is 215. The van der Waals surface area contributed by atoms with Crippen LogP contribution in [0.3, 0.4) is 0 Å². The fraction of sp³-hybridized carbons (Fsp3) is 0.222. The molecule has 55 nitrogen and oxygen atoms in total. The number of hydrogen-bond acceptors (Lipinski definition) is 38. The number of nitrogens with zero attached hydrogens (tertiary/aromatic N) is 2. The number of carboxylic acid groups (broad SMARTS) is 5. The van der Waals surface area contributed by atoms with Gasteiger partial charge in [-0.25, -0.2) is 41.6 Å². The molecular weight excluding hydrogens is 1400 g/mol. The summed E-state index contributed by atoms with van der Waals surface area (Å²) < 4.78 is 0. The van der Waals surface area contributed by atoms with E-state index in [2.05, 4.69) is 154 Å². The molecule has 2 unspecified atom stereocenters. The first-order valence-electron chi connectivity index (χ1n) is 14.8. The number of aliphatic hydroxyl groups is 3. The number of hydrogen-bond donors (Lipinski definition) is 10. The Morgan fingerprint density at radius 2 is 0.667 bits per heavy atom. The van der Waals surface area contributed by atoms with Crippen LogP contribution in [0.25, 0.3) is 0 Å². The van der Waals surface area contributed by atoms with E-state index in [1.165, 1.54) is 0 Å². The van der Waals surface area contributed by atoms with Gasteiger partial charge in [-0.3, -0.25) is 26.3 Å². The van der Waals surface area contributed by atoms with Crippen molar-refractivity contribution in [1.82, 2.24) is 0 Å². The van der Waals surface area contributed by atoms with Crippen molar-refractivity contribution in [3.8, 4) is 83.3 Å². The van der Waals surface area contributed by atoms with Gasteiger partial charge in [0.25, 0.3) is 0 Å². The average molecular weight is 1450 g/mol. The Balaban J connectivity index is -0.0000000226. The molecule has 0 aliphatic heterocycles. The fourth-order valence-corrected chi connectivity index (χ4v) is 1.55. The first-order chi connectivity index (χ1) is 33.9. The second-order valence-electron chi connectivity index (χ2n) is 7.95. The predicted molar refractivity (Wildman–Crippen MR) is 259 cm³/mol. The van der Waals surface area contributed by atoms with Crippen molar-refractivity contribution in [3.63, 3.8) is 0 Å². The molecule has 87 heavy (non-hydrogen) atoms. The van der Waals surface area contributed by atoms with Crippen LogP contribution in [0, 0.1) is 127 Å². The molecular formula is C27H52Ca5N2O53. The Morgan fingerprint density at radius 3 is 0.862 bits per heavy atom. The minimum Gasteiger partial charge on any atom is -0.870 e. The number of aliphatic hydroxyl groups excluding tert-OH is 2. The third kappa shape index (κ3) is 168. The molecule has 0 amide bonds. The number of rotatable bonds is 26. The van der Waals surface area contributed by atoms with Crippen molar-refractivity contribution in [2.24, 2.45) is 0 Å². The number of carbonyl (C=O) groups is 5. The van der Waals surface area contributed by atoms with Crippen LogP contribution in [0.5, 0.6) is 0 Å². The van der Waals surface area contributed by atoms with E-state index in [0.717, 1.165) is 0 Å². The summed E-state index contributed by atoms with van der Waals surface area (Å²) in [6.45, 7) is 0. The van der Waals surface area contributed by atoms with Crippen LogP contribution in [0.4, 0.5) is 0 Å². The smallest absolute Gasteiger partial charge is 0 e. The van der Waals surface area contributed by atoms with E-state index < -0.39 is 70.7 Å². The monoisotopic (exact) mass is 1450 g/mol. The van der Waals surface area contributed by atoms with E-state index in [0.29, 0.717) is 14.1 Å². The Hall–Kier alpha value is -3.27.